The minimum Gasteiger partial charge on any atom is -0.309 e. The van der Waals surface area contributed by atoms with E-state index in [9.17, 15) is 0 Å². The maximum Gasteiger partial charge on any atom is 0.235 e. The molecule has 0 amide bonds. The zero-order valence-electron chi connectivity index (χ0n) is 38.0. The zero-order chi connectivity index (χ0) is 46.1. The summed E-state index contributed by atoms with van der Waals surface area (Å²) in [6.45, 7) is 0. The van der Waals surface area contributed by atoms with Gasteiger partial charge >= 0.3 is 0 Å². The summed E-state index contributed by atoms with van der Waals surface area (Å²) < 4.78 is 4.66. The van der Waals surface area contributed by atoms with E-state index in [4.69, 9.17) is 9.97 Å². The van der Waals surface area contributed by atoms with Crippen molar-refractivity contribution in [1.82, 2.24) is 19.1 Å². The Bertz CT molecular complexity index is 4310. The van der Waals surface area contributed by atoms with Crippen molar-refractivity contribution in [2.75, 3.05) is 0 Å². The minimum absolute atomic E-state index is 0.635. The lowest BCUT2D eigenvalue weighted by molar-refractivity contribution is 1.02. The fraction of sp³-hybridized carbons (Fsp3) is 0. The van der Waals surface area contributed by atoms with Gasteiger partial charge < -0.3 is 4.57 Å². The topological polar surface area (TPSA) is 35.6 Å². The third-order valence-electron chi connectivity index (χ3n) is 14.1. The molecule has 3 aromatic heterocycles. The number of hydrogen-bond acceptors (Lipinski definition) is 2. The van der Waals surface area contributed by atoms with Crippen molar-refractivity contribution in [3.8, 4) is 67.4 Å². The third kappa shape index (κ3) is 6.53. The second-order valence-corrected chi connectivity index (χ2v) is 18.2. The predicted molar refractivity (Wildman–Crippen MR) is 293 cm³/mol. The predicted octanol–water partition coefficient (Wildman–Crippen LogP) is 17.3. The molecule has 0 spiro atoms. The van der Waals surface area contributed by atoms with Gasteiger partial charge in [0.2, 0.25) is 5.95 Å². The molecular formula is C66H42N4. The standard InChI is InChI=1S/C66H42N4/c1-5-15-43(16-6-1)46-25-27-48(28-26-46)64-55-34-29-47-21-13-14-24-54(47)65(55)68-66(67-64)70-62-37-31-50(45-19-9-3-10-20-45)40-58(62)59-42-52(33-38-63(59)70)51-32-36-61-57(41-51)56-39-49(44-17-7-2-8-18-44)30-35-60(56)69(61)53-22-11-4-12-23-53/h1-42H. The first kappa shape index (κ1) is 39.8. The normalized spacial score (nSPS) is 11.7. The van der Waals surface area contributed by atoms with Gasteiger partial charge in [0.05, 0.1) is 33.3 Å². The molecule has 0 aliphatic heterocycles. The summed E-state index contributed by atoms with van der Waals surface area (Å²) in [4.78, 5) is 11.1. The first-order valence-electron chi connectivity index (χ1n) is 23.9. The van der Waals surface area contributed by atoms with Crippen LogP contribution >= 0.6 is 0 Å². The van der Waals surface area contributed by atoms with Crippen LogP contribution < -0.4 is 0 Å². The molecule has 70 heavy (non-hydrogen) atoms. The molecule has 0 radical (unpaired) electrons. The van der Waals surface area contributed by atoms with Crippen molar-refractivity contribution in [1.29, 1.82) is 0 Å². The van der Waals surface area contributed by atoms with E-state index in [2.05, 4.69) is 264 Å². The van der Waals surface area contributed by atoms with Gasteiger partial charge in [-0.25, -0.2) is 9.97 Å². The average molecular weight is 891 g/mol. The number of nitrogens with zero attached hydrogens (tertiary/aromatic N) is 4. The van der Waals surface area contributed by atoms with Crippen molar-refractivity contribution in [2.24, 2.45) is 0 Å². The molecule has 3 heterocycles. The first-order valence-corrected chi connectivity index (χ1v) is 23.9. The SMILES string of the molecule is c1ccc(-c2ccc(-c3nc(-n4c5ccc(-c6ccccc6)cc5c5cc(-c6ccc7c(c6)c6cc(-c8ccccc8)ccc6n7-c6ccccc6)ccc54)nc4c3ccc3ccccc34)cc2)cc1. The fourth-order valence-corrected chi connectivity index (χ4v) is 10.7. The molecule has 4 nitrogen and oxygen atoms in total. The highest BCUT2D eigenvalue weighted by Gasteiger charge is 2.21. The Morgan fingerprint density at radius 1 is 0.243 bits per heavy atom. The number of para-hydroxylation sites is 1. The van der Waals surface area contributed by atoms with E-state index < -0.39 is 0 Å². The van der Waals surface area contributed by atoms with Gasteiger partial charge in [-0.1, -0.05) is 188 Å². The lowest BCUT2D eigenvalue weighted by Crippen LogP contribution is -2.04. The summed E-state index contributed by atoms with van der Waals surface area (Å²) in [7, 11) is 0. The highest BCUT2D eigenvalue weighted by molar-refractivity contribution is 6.15. The van der Waals surface area contributed by atoms with Crippen molar-refractivity contribution in [3.63, 3.8) is 0 Å². The molecule has 14 aromatic rings. The molecule has 0 saturated carbocycles. The Morgan fingerprint density at radius 3 is 1.14 bits per heavy atom. The van der Waals surface area contributed by atoms with Gasteiger partial charge in [-0.05, 0) is 117 Å². The van der Waals surface area contributed by atoms with Crippen LogP contribution in [-0.2, 0) is 0 Å². The molecule has 14 rings (SSSR count). The molecule has 0 aliphatic carbocycles. The third-order valence-corrected chi connectivity index (χ3v) is 14.1. The van der Waals surface area contributed by atoms with Crippen LogP contribution in [0.1, 0.15) is 0 Å². The van der Waals surface area contributed by atoms with Gasteiger partial charge in [-0.2, -0.15) is 0 Å². The molecule has 0 aliphatic rings. The molecular weight excluding hydrogens is 849 g/mol. The van der Waals surface area contributed by atoms with Gasteiger partial charge in [0.25, 0.3) is 0 Å². The molecule has 4 heteroatoms. The molecule has 0 saturated heterocycles. The Balaban J connectivity index is 0.993. The number of hydrogen-bond donors (Lipinski definition) is 0. The Morgan fingerprint density at radius 2 is 0.629 bits per heavy atom. The van der Waals surface area contributed by atoms with E-state index >= 15 is 0 Å². The number of fused-ring (bicyclic) bond motifs is 9. The average Bonchev–Trinajstić information content (AvgIpc) is 3.95. The van der Waals surface area contributed by atoms with E-state index in [0.29, 0.717) is 5.95 Å². The van der Waals surface area contributed by atoms with E-state index in [0.717, 1.165) is 77.1 Å². The molecule has 326 valence electrons. The van der Waals surface area contributed by atoms with Crippen molar-refractivity contribution in [3.05, 3.63) is 255 Å². The maximum atomic E-state index is 5.55. The summed E-state index contributed by atoms with van der Waals surface area (Å²) >= 11 is 0. The second kappa shape index (κ2) is 16.2. The summed E-state index contributed by atoms with van der Waals surface area (Å²) in [5, 5.41) is 7.97. The number of benzene rings is 11. The van der Waals surface area contributed by atoms with Gasteiger partial charge in [-0.15, -0.1) is 0 Å². The minimum atomic E-state index is 0.635. The Kier molecular flexibility index (Phi) is 9.17. The van der Waals surface area contributed by atoms with E-state index in [1.54, 1.807) is 0 Å². The largest absolute Gasteiger partial charge is 0.309 e. The molecule has 0 atom stereocenters. The van der Waals surface area contributed by atoms with E-state index in [1.165, 1.54) is 49.6 Å². The number of aromatic nitrogens is 4. The van der Waals surface area contributed by atoms with Gasteiger partial charge in [-0.3, -0.25) is 4.57 Å². The highest BCUT2D eigenvalue weighted by atomic mass is 15.2. The lowest BCUT2D eigenvalue weighted by Gasteiger charge is -2.14. The maximum absolute atomic E-state index is 5.55. The summed E-state index contributed by atoms with van der Waals surface area (Å²) in [6, 6.07) is 91.8. The number of rotatable bonds is 7. The second-order valence-electron chi connectivity index (χ2n) is 18.2. The monoisotopic (exact) mass is 890 g/mol. The molecule has 0 bridgehead atoms. The Labute approximate surface area is 404 Å². The summed E-state index contributed by atoms with van der Waals surface area (Å²) in [6.07, 6.45) is 0. The van der Waals surface area contributed by atoms with Crippen molar-refractivity contribution in [2.45, 2.75) is 0 Å². The lowest BCUT2D eigenvalue weighted by atomic mass is 9.98. The highest BCUT2D eigenvalue weighted by Crippen LogP contribution is 2.41. The summed E-state index contributed by atoms with van der Waals surface area (Å²) in [5.41, 5.74) is 17.8. The molecule has 0 unspecified atom stereocenters. The van der Waals surface area contributed by atoms with Crippen LogP contribution in [0.3, 0.4) is 0 Å². The van der Waals surface area contributed by atoms with Crippen LogP contribution in [-0.4, -0.2) is 19.1 Å². The van der Waals surface area contributed by atoms with Crippen LogP contribution in [0.2, 0.25) is 0 Å². The van der Waals surface area contributed by atoms with Crippen LogP contribution in [0.15, 0.2) is 255 Å². The Hall–Kier alpha value is -9.38. The smallest absolute Gasteiger partial charge is 0.235 e. The van der Waals surface area contributed by atoms with Crippen LogP contribution in [0.25, 0.3) is 133 Å². The first-order chi connectivity index (χ1) is 34.7. The molecule has 11 aromatic carbocycles. The summed E-state index contributed by atoms with van der Waals surface area (Å²) in [5.74, 6) is 0.635. The van der Waals surface area contributed by atoms with E-state index in [1.807, 2.05) is 0 Å². The van der Waals surface area contributed by atoms with Gasteiger partial charge in [0.15, 0.2) is 0 Å². The van der Waals surface area contributed by atoms with Gasteiger partial charge in [0, 0.05) is 43.6 Å². The molecule has 0 fully saturated rings. The van der Waals surface area contributed by atoms with Gasteiger partial charge in [0.1, 0.15) is 0 Å². The van der Waals surface area contributed by atoms with E-state index in [-0.39, 0.29) is 0 Å². The van der Waals surface area contributed by atoms with Crippen molar-refractivity contribution >= 4 is 65.3 Å². The molecule has 0 N–H and O–H groups in total. The quantitative estimate of drug-likeness (QED) is 0.149. The zero-order valence-corrected chi connectivity index (χ0v) is 38.0. The van der Waals surface area contributed by atoms with Crippen molar-refractivity contribution < 1.29 is 0 Å². The van der Waals surface area contributed by atoms with Crippen LogP contribution in [0, 0.1) is 0 Å². The fourth-order valence-electron chi connectivity index (χ4n) is 10.7. The van der Waals surface area contributed by atoms with Crippen LogP contribution in [0.4, 0.5) is 0 Å². The van der Waals surface area contributed by atoms with Crippen LogP contribution in [0.5, 0.6) is 0 Å².